The van der Waals surface area contributed by atoms with E-state index in [2.05, 4.69) is 15.2 Å². The van der Waals surface area contributed by atoms with Gasteiger partial charge in [-0.05, 0) is 37.1 Å². The first kappa shape index (κ1) is 20.7. The lowest BCUT2D eigenvalue weighted by molar-refractivity contribution is 0.190. The Kier molecular flexibility index (Phi) is 5.91. The maximum Gasteiger partial charge on any atom is 0.262 e. The van der Waals surface area contributed by atoms with E-state index in [1.54, 1.807) is 23.4 Å². The average molecular weight is 450 g/mol. The summed E-state index contributed by atoms with van der Waals surface area (Å²) in [6.07, 6.45) is 2.36. The van der Waals surface area contributed by atoms with Crippen molar-refractivity contribution >= 4 is 39.5 Å². The van der Waals surface area contributed by atoms with Gasteiger partial charge in [0.2, 0.25) is 5.78 Å². The summed E-state index contributed by atoms with van der Waals surface area (Å²) in [4.78, 5) is 17.6. The van der Waals surface area contributed by atoms with E-state index in [-0.39, 0.29) is 5.56 Å². The fourth-order valence-corrected chi connectivity index (χ4v) is 4.69. The molecule has 3 aromatic heterocycles. The monoisotopic (exact) mass is 449 g/mol. The molecular weight excluding hydrogens is 426 g/mol. The molecule has 0 aliphatic rings. The predicted octanol–water partition coefficient (Wildman–Crippen LogP) is 3.95. The fraction of sp³-hybridized carbons (Fsp3) is 0.304. The number of aryl methyl sites for hydroxylation is 2. The van der Waals surface area contributed by atoms with Crippen LogP contribution < -0.4 is 5.56 Å². The summed E-state index contributed by atoms with van der Waals surface area (Å²) in [6, 6.07) is 15.4. The zero-order chi connectivity index (χ0) is 21.9. The van der Waals surface area contributed by atoms with Gasteiger partial charge in [0.15, 0.2) is 16.6 Å². The van der Waals surface area contributed by atoms with E-state index in [4.69, 9.17) is 9.15 Å². The smallest absolute Gasteiger partial charge is 0.262 e. The number of fused-ring (bicyclic) bond motifs is 4. The van der Waals surface area contributed by atoms with Gasteiger partial charge < -0.3 is 9.15 Å². The Balaban J connectivity index is 1.38. The van der Waals surface area contributed by atoms with Crippen LogP contribution in [0.3, 0.4) is 0 Å². The van der Waals surface area contributed by atoms with Crippen LogP contribution in [0.5, 0.6) is 0 Å². The highest BCUT2D eigenvalue weighted by molar-refractivity contribution is 7.99. The highest BCUT2D eigenvalue weighted by Gasteiger charge is 2.16. The quantitative estimate of drug-likeness (QED) is 0.249. The molecule has 0 saturated heterocycles. The lowest BCUT2D eigenvalue weighted by atomic mass is 10.2. The van der Waals surface area contributed by atoms with Crippen molar-refractivity contribution in [2.45, 2.75) is 31.0 Å². The number of benzene rings is 2. The predicted molar refractivity (Wildman–Crippen MR) is 124 cm³/mol. The first-order valence-electron chi connectivity index (χ1n) is 10.6. The Hall–Kier alpha value is -3.17. The maximum atomic E-state index is 13.1. The third kappa shape index (κ3) is 3.89. The number of rotatable bonds is 9. The normalized spacial score (nSPS) is 11.8. The molecule has 3 heterocycles. The van der Waals surface area contributed by atoms with Crippen molar-refractivity contribution in [3.63, 3.8) is 0 Å². The Labute approximate surface area is 188 Å². The van der Waals surface area contributed by atoms with Gasteiger partial charge in [0.05, 0.1) is 10.9 Å². The number of oxazole rings is 1. The molecule has 0 unspecified atom stereocenters. The molecule has 5 aromatic rings. The van der Waals surface area contributed by atoms with Gasteiger partial charge in [0, 0.05) is 32.4 Å². The van der Waals surface area contributed by atoms with Gasteiger partial charge in [-0.3, -0.25) is 13.8 Å². The van der Waals surface area contributed by atoms with Crippen molar-refractivity contribution in [2.24, 2.45) is 0 Å². The molecule has 0 saturated carbocycles. The minimum atomic E-state index is -0.0517. The molecule has 0 atom stereocenters. The van der Waals surface area contributed by atoms with Gasteiger partial charge in [-0.2, -0.15) is 0 Å². The lowest BCUT2D eigenvalue weighted by Crippen LogP contribution is -2.24. The fourth-order valence-electron chi connectivity index (χ4n) is 3.81. The topological polar surface area (TPSA) is 87.5 Å². The molecular formula is C23H23N5O3S. The van der Waals surface area contributed by atoms with Gasteiger partial charge in [0.25, 0.3) is 5.56 Å². The molecule has 0 bridgehead atoms. The molecule has 0 radical (unpaired) electrons. The van der Waals surface area contributed by atoms with Crippen molar-refractivity contribution in [2.75, 3.05) is 19.5 Å². The number of ether oxygens (including phenoxy) is 1. The number of hydrogen-bond donors (Lipinski definition) is 0. The van der Waals surface area contributed by atoms with Gasteiger partial charge in [0.1, 0.15) is 5.52 Å². The van der Waals surface area contributed by atoms with Crippen LogP contribution in [0.4, 0.5) is 0 Å². The number of para-hydroxylation sites is 3. The lowest BCUT2D eigenvalue weighted by Gasteiger charge is -2.11. The molecule has 0 fully saturated rings. The van der Waals surface area contributed by atoms with Crippen LogP contribution in [0.2, 0.25) is 0 Å². The van der Waals surface area contributed by atoms with E-state index >= 15 is 0 Å². The minimum Gasteiger partial charge on any atom is -0.441 e. The van der Waals surface area contributed by atoms with Gasteiger partial charge in [-0.15, -0.1) is 10.2 Å². The van der Waals surface area contributed by atoms with Crippen LogP contribution in [0.25, 0.3) is 27.8 Å². The van der Waals surface area contributed by atoms with Crippen LogP contribution in [0.1, 0.15) is 18.7 Å². The highest BCUT2D eigenvalue weighted by atomic mass is 32.2. The number of hydrogen-bond acceptors (Lipinski definition) is 7. The van der Waals surface area contributed by atoms with Crippen molar-refractivity contribution in [1.82, 2.24) is 24.1 Å². The minimum absolute atomic E-state index is 0.0517. The zero-order valence-corrected chi connectivity index (χ0v) is 18.5. The van der Waals surface area contributed by atoms with E-state index in [9.17, 15) is 4.79 Å². The molecule has 2 aromatic carbocycles. The second-order valence-corrected chi connectivity index (χ2v) is 8.53. The molecule has 5 rings (SSSR count). The molecule has 9 heteroatoms. The molecule has 0 spiro atoms. The van der Waals surface area contributed by atoms with E-state index < -0.39 is 0 Å². The van der Waals surface area contributed by atoms with Crippen molar-refractivity contribution < 1.29 is 9.15 Å². The maximum absolute atomic E-state index is 13.1. The molecule has 0 aliphatic carbocycles. The van der Waals surface area contributed by atoms with Gasteiger partial charge >= 0.3 is 0 Å². The molecule has 0 amide bonds. The number of nitrogens with zero attached hydrogens (tertiary/aromatic N) is 5. The van der Waals surface area contributed by atoms with E-state index in [1.165, 1.54) is 0 Å². The largest absolute Gasteiger partial charge is 0.441 e. The SMILES string of the molecule is COCCCn1c(=O)c2ccccc2n2c(SCCCc3nc4ccccc4o3)nnc12. The molecule has 32 heavy (non-hydrogen) atoms. The summed E-state index contributed by atoms with van der Waals surface area (Å²) in [5.41, 5.74) is 2.47. The van der Waals surface area contributed by atoms with Crippen LogP contribution in [0.15, 0.2) is 62.9 Å². The molecule has 0 aliphatic heterocycles. The van der Waals surface area contributed by atoms with E-state index in [1.807, 2.05) is 52.9 Å². The Morgan fingerprint density at radius 1 is 1.06 bits per heavy atom. The van der Waals surface area contributed by atoms with Crippen molar-refractivity contribution in [1.29, 1.82) is 0 Å². The third-order valence-electron chi connectivity index (χ3n) is 5.31. The van der Waals surface area contributed by atoms with Crippen molar-refractivity contribution in [3.8, 4) is 0 Å². The highest BCUT2D eigenvalue weighted by Crippen LogP contribution is 2.23. The summed E-state index contributed by atoms with van der Waals surface area (Å²) in [6.45, 7) is 1.11. The second-order valence-electron chi connectivity index (χ2n) is 7.47. The average Bonchev–Trinajstić information content (AvgIpc) is 3.43. The Morgan fingerprint density at radius 2 is 1.91 bits per heavy atom. The number of aromatic nitrogens is 5. The number of methoxy groups -OCH3 is 1. The summed E-state index contributed by atoms with van der Waals surface area (Å²) < 4.78 is 14.6. The van der Waals surface area contributed by atoms with Crippen LogP contribution in [0, 0.1) is 0 Å². The van der Waals surface area contributed by atoms with Crippen LogP contribution >= 0.6 is 11.8 Å². The Bertz CT molecular complexity index is 1410. The summed E-state index contributed by atoms with van der Waals surface area (Å²) in [7, 11) is 1.66. The first-order chi connectivity index (χ1) is 15.8. The second kappa shape index (κ2) is 9.13. The zero-order valence-electron chi connectivity index (χ0n) is 17.7. The molecule has 164 valence electrons. The van der Waals surface area contributed by atoms with Crippen LogP contribution in [-0.2, 0) is 17.7 Å². The van der Waals surface area contributed by atoms with E-state index in [0.717, 1.165) is 52.7 Å². The first-order valence-corrected chi connectivity index (χ1v) is 11.6. The standard InChI is InChI=1S/C23H23N5O3S/c1-30-14-7-13-27-21(29)16-8-2-4-10-18(16)28-22(27)25-26-23(28)32-15-6-12-20-24-17-9-3-5-11-19(17)31-20/h2-5,8-11H,6-7,12-15H2,1H3. The van der Waals surface area contributed by atoms with Gasteiger partial charge in [-0.1, -0.05) is 36.0 Å². The summed E-state index contributed by atoms with van der Waals surface area (Å²) in [5, 5.41) is 10.2. The molecule has 0 N–H and O–H groups in total. The Morgan fingerprint density at radius 3 is 2.78 bits per heavy atom. The summed E-state index contributed by atoms with van der Waals surface area (Å²) >= 11 is 1.62. The van der Waals surface area contributed by atoms with E-state index in [0.29, 0.717) is 24.3 Å². The van der Waals surface area contributed by atoms with Crippen molar-refractivity contribution in [3.05, 3.63) is 64.8 Å². The van der Waals surface area contributed by atoms with Gasteiger partial charge in [-0.25, -0.2) is 4.98 Å². The third-order valence-corrected chi connectivity index (χ3v) is 6.33. The summed E-state index contributed by atoms with van der Waals surface area (Å²) in [5.74, 6) is 2.14. The number of thioether (sulfide) groups is 1. The van der Waals surface area contributed by atoms with Crippen LogP contribution in [-0.4, -0.2) is 43.6 Å². The molecule has 8 nitrogen and oxygen atoms in total.